The summed E-state index contributed by atoms with van der Waals surface area (Å²) in [5.74, 6) is -1.06. The number of hydrogen-bond donors (Lipinski definition) is 1. The molecule has 1 aliphatic heterocycles. The molecule has 1 aliphatic rings. The fourth-order valence-electron chi connectivity index (χ4n) is 1.88. The number of hydrogen-bond acceptors (Lipinski definition) is 2. The largest absolute Gasteiger partial charge is 0.371 e. The van der Waals surface area contributed by atoms with Gasteiger partial charge in [0.1, 0.15) is 11.6 Å². The van der Waals surface area contributed by atoms with Gasteiger partial charge in [-0.1, -0.05) is 0 Å². The molecule has 0 aliphatic carbocycles. The zero-order valence-corrected chi connectivity index (χ0v) is 8.42. The van der Waals surface area contributed by atoms with E-state index >= 15 is 0 Å². The predicted molar refractivity (Wildman–Crippen MR) is 55.8 cm³/mol. The molecule has 1 saturated heterocycles. The molecule has 82 valence electrons. The van der Waals surface area contributed by atoms with Gasteiger partial charge in [0, 0.05) is 30.9 Å². The van der Waals surface area contributed by atoms with Gasteiger partial charge in [-0.3, -0.25) is 0 Å². The van der Waals surface area contributed by atoms with Crippen LogP contribution in [0.2, 0.25) is 0 Å². The van der Waals surface area contributed by atoms with Crippen molar-refractivity contribution in [3.8, 4) is 0 Å². The van der Waals surface area contributed by atoms with Crippen molar-refractivity contribution in [1.29, 1.82) is 0 Å². The molecule has 0 saturated carbocycles. The topological polar surface area (TPSA) is 29.3 Å². The summed E-state index contributed by atoms with van der Waals surface area (Å²) in [6.07, 6.45) is 1.75. The van der Waals surface area contributed by atoms with Crippen molar-refractivity contribution in [2.75, 3.05) is 18.0 Å². The Labute approximate surface area is 87.7 Å². The summed E-state index contributed by atoms with van der Waals surface area (Å²) in [5.41, 5.74) is 6.37. The maximum absolute atomic E-state index is 13.0. The van der Waals surface area contributed by atoms with E-state index in [4.69, 9.17) is 5.73 Å². The maximum atomic E-state index is 13.0. The van der Waals surface area contributed by atoms with Crippen molar-refractivity contribution < 1.29 is 8.78 Å². The first kappa shape index (κ1) is 10.4. The first-order valence-electron chi connectivity index (χ1n) is 5.12. The van der Waals surface area contributed by atoms with Crippen LogP contribution in [0.3, 0.4) is 0 Å². The molecule has 0 aromatic heterocycles. The molecule has 1 heterocycles. The van der Waals surface area contributed by atoms with E-state index < -0.39 is 11.6 Å². The first-order valence-corrected chi connectivity index (χ1v) is 5.12. The lowest BCUT2D eigenvalue weighted by Gasteiger charge is -2.32. The molecule has 0 unspecified atom stereocenters. The van der Waals surface area contributed by atoms with Crippen molar-refractivity contribution in [2.45, 2.75) is 18.9 Å². The summed E-state index contributed by atoms with van der Waals surface area (Å²) < 4.78 is 25.9. The van der Waals surface area contributed by atoms with E-state index in [1.165, 1.54) is 12.1 Å². The predicted octanol–water partition coefficient (Wildman–Crippen LogP) is 1.89. The van der Waals surface area contributed by atoms with Crippen molar-refractivity contribution in [3.05, 3.63) is 29.8 Å². The fourth-order valence-corrected chi connectivity index (χ4v) is 1.88. The molecule has 0 amide bonds. The van der Waals surface area contributed by atoms with Crippen LogP contribution in [0, 0.1) is 11.6 Å². The van der Waals surface area contributed by atoms with Gasteiger partial charge in [-0.25, -0.2) is 8.78 Å². The zero-order chi connectivity index (χ0) is 10.8. The number of benzene rings is 1. The van der Waals surface area contributed by atoms with E-state index in [-0.39, 0.29) is 6.04 Å². The molecule has 15 heavy (non-hydrogen) atoms. The number of anilines is 1. The fraction of sp³-hybridized carbons (Fsp3) is 0.455. The Morgan fingerprint density at radius 3 is 2.13 bits per heavy atom. The molecular formula is C11H14F2N2. The highest BCUT2D eigenvalue weighted by molar-refractivity contribution is 5.47. The Hall–Kier alpha value is -1.16. The van der Waals surface area contributed by atoms with Crippen molar-refractivity contribution in [3.63, 3.8) is 0 Å². The van der Waals surface area contributed by atoms with Crippen LogP contribution >= 0.6 is 0 Å². The molecule has 1 aromatic carbocycles. The van der Waals surface area contributed by atoms with E-state index in [2.05, 4.69) is 0 Å². The minimum atomic E-state index is -0.528. The third kappa shape index (κ3) is 2.45. The van der Waals surface area contributed by atoms with Crippen LogP contribution in [-0.2, 0) is 0 Å². The third-order valence-corrected chi connectivity index (χ3v) is 2.75. The van der Waals surface area contributed by atoms with Crippen LogP contribution in [0.4, 0.5) is 14.5 Å². The van der Waals surface area contributed by atoms with Crippen LogP contribution in [0.25, 0.3) is 0 Å². The van der Waals surface area contributed by atoms with E-state index in [0.29, 0.717) is 5.69 Å². The Morgan fingerprint density at radius 2 is 1.60 bits per heavy atom. The van der Waals surface area contributed by atoms with E-state index in [9.17, 15) is 8.78 Å². The standard InChI is InChI=1S/C11H14F2N2/c12-8-5-9(13)7-11(6-8)15-3-1-10(14)2-4-15/h5-7,10H,1-4,14H2. The molecule has 1 aromatic rings. The third-order valence-electron chi connectivity index (χ3n) is 2.75. The molecular weight excluding hydrogens is 198 g/mol. The summed E-state index contributed by atoms with van der Waals surface area (Å²) in [5, 5.41) is 0. The molecule has 2 rings (SSSR count). The van der Waals surface area contributed by atoms with Gasteiger partial charge in [0.25, 0.3) is 0 Å². The molecule has 0 radical (unpaired) electrons. The molecule has 0 bridgehead atoms. The Bertz CT molecular complexity index is 326. The Kier molecular flexibility index (Phi) is 2.86. The molecule has 4 heteroatoms. The highest BCUT2D eigenvalue weighted by atomic mass is 19.1. The molecule has 0 atom stereocenters. The minimum Gasteiger partial charge on any atom is -0.371 e. The summed E-state index contributed by atoms with van der Waals surface area (Å²) in [4.78, 5) is 1.97. The van der Waals surface area contributed by atoms with Crippen molar-refractivity contribution >= 4 is 5.69 Å². The number of nitrogens with zero attached hydrogens (tertiary/aromatic N) is 1. The number of rotatable bonds is 1. The highest BCUT2D eigenvalue weighted by Crippen LogP contribution is 2.21. The summed E-state index contributed by atoms with van der Waals surface area (Å²) in [6.45, 7) is 1.54. The SMILES string of the molecule is NC1CCN(c2cc(F)cc(F)c2)CC1. The summed E-state index contributed by atoms with van der Waals surface area (Å²) in [6, 6.07) is 3.83. The van der Waals surface area contributed by atoms with Crippen molar-refractivity contribution in [2.24, 2.45) is 5.73 Å². The normalized spacial score (nSPS) is 18.2. The number of nitrogens with two attached hydrogens (primary N) is 1. The van der Waals surface area contributed by atoms with Crippen LogP contribution in [-0.4, -0.2) is 19.1 Å². The van der Waals surface area contributed by atoms with Gasteiger partial charge >= 0.3 is 0 Å². The van der Waals surface area contributed by atoms with Gasteiger partial charge in [-0.05, 0) is 25.0 Å². The summed E-state index contributed by atoms with van der Waals surface area (Å²) >= 11 is 0. The van der Waals surface area contributed by atoms with E-state index in [0.717, 1.165) is 32.0 Å². The van der Waals surface area contributed by atoms with Gasteiger partial charge < -0.3 is 10.6 Å². The van der Waals surface area contributed by atoms with E-state index in [1.54, 1.807) is 0 Å². The minimum absolute atomic E-state index is 0.222. The zero-order valence-electron chi connectivity index (χ0n) is 8.42. The highest BCUT2D eigenvalue weighted by Gasteiger charge is 2.17. The Morgan fingerprint density at radius 1 is 1.07 bits per heavy atom. The lowest BCUT2D eigenvalue weighted by molar-refractivity contribution is 0.499. The smallest absolute Gasteiger partial charge is 0.128 e. The van der Waals surface area contributed by atoms with Crippen molar-refractivity contribution in [1.82, 2.24) is 0 Å². The number of piperidine rings is 1. The van der Waals surface area contributed by atoms with E-state index in [1.807, 2.05) is 4.90 Å². The Balaban J connectivity index is 2.15. The van der Waals surface area contributed by atoms with Gasteiger partial charge in [-0.2, -0.15) is 0 Å². The van der Waals surface area contributed by atoms with Crippen LogP contribution < -0.4 is 10.6 Å². The molecule has 2 N–H and O–H groups in total. The monoisotopic (exact) mass is 212 g/mol. The lowest BCUT2D eigenvalue weighted by atomic mass is 10.1. The van der Waals surface area contributed by atoms with Gasteiger partial charge in [-0.15, -0.1) is 0 Å². The summed E-state index contributed by atoms with van der Waals surface area (Å²) in [7, 11) is 0. The molecule has 0 spiro atoms. The first-order chi connectivity index (χ1) is 7.15. The molecule has 2 nitrogen and oxygen atoms in total. The van der Waals surface area contributed by atoms with Crippen LogP contribution in [0.5, 0.6) is 0 Å². The van der Waals surface area contributed by atoms with Gasteiger partial charge in [0.2, 0.25) is 0 Å². The van der Waals surface area contributed by atoms with Gasteiger partial charge in [0.05, 0.1) is 0 Å². The van der Waals surface area contributed by atoms with Crippen LogP contribution in [0.15, 0.2) is 18.2 Å². The average molecular weight is 212 g/mol. The lowest BCUT2D eigenvalue weighted by Crippen LogP contribution is -2.39. The van der Waals surface area contributed by atoms with Crippen LogP contribution in [0.1, 0.15) is 12.8 Å². The maximum Gasteiger partial charge on any atom is 0.128 e. The van der Waals surface area contributed by atoms with Gasteiger partial charge in [0.15, 0.2) is 0 Å². The quantitative estimate of drug-likeness (QED) is 0.770. The number of halogens is 2. The second-order valence-corrected chi connectivity index (χ2v) is 3.95. The second-order valence-electron chi connectivity index (χ2n) is 3.95. The average Bonchev–Trinajstić information content (AvgIpc) is 2.17. The second kappa shape index (κ2) is 4.14. The molecule has 1 fully saturated rings.